The fourth-order valence-corrected chi connectivity index (χ4v) is 4.02. The van der Waals surface area contributed by atoms with Gasteiger partial charge in [0.1, 0.15) is 5.82 Å². The standard InChI is InChI=1S/C28H22Cl2FNO3/c1-34-26-13-7-21(16-27(26)35-15-14-20-2-8-22(29)17-25(20)30)28(33)32-24-11-5-19(6-12-24)18-3-9-23(31)10-4-18/h2-13,16-17H,14-15H2,1H3,(H,32,33). The quantitative estimate of drug-likeness (QED) is 0.265. The minimum absolute atomic E-state index is 0.283. The van der Waals surface area contributed by atoms with Gasteiger partial charge in [-0.3, -0.25) is 4.79 Å². The Morgan fingerprint density at radius 1 is 0.857 bits per heavy atom. The summed E-state index contributed by atoms with van der Waals surface area (Å²) in [7, 11) is 1.54. The van der Waals surface area contributed by atoms with Gasteiger partial charge in [0.2, 0.25) is 0 Å². The van der Waals surface area contributed by atoms with E-state index in [2.05, 4.69) is 5.32 Å². The molecule has 4 aromatic carbocycles. The maximum absolute atomic E-state index is 13.1. The van der Waals surface area contributed by atoms with E-state index in [4.69, 9.17) is 32.7 Å². The van der Waals surface area contributed by atoms with Gasteiger partial charge in [-0.05, 0) is 71.3 Å². The number of benzene rings is 4. The molecule has 0 unspecified atom stereocenters. The number of nitrogens with one attached hydrogen (secondary N) is 1. The first kappa shape index (κ1) is 24.6. The minimum atomic E-state index is -0.284. The maximum atomic E-state index is 13.1. The molecule has 178 valence electrons. The lowest BCUT2D eigenvalue weighted by Gasteiger charge is -2.13. The molecule has 4 aromatic rings. The zero-order valence-electron chi connectivity index (χ0n) is 18.9. The van der Waals surface area contributed by atoms with Crippen LogP contribution in [0.25, 0.3) is 11.1 Å². The van der Waals surface area contributed by atoms with Crippen molar-refractivity contribution >= 4 is 34.8 Å². The van der Waals surface area contributed by atoms with Gasteiger partial charge in [-0.2, -0.15) is 0 Å². The van der Waals surface area contributed by atoms with Gasteiger partial charge in [0, 0.05) is 27.7 Å². The van der Waals surface area contributed by atoms with Gasteiger partial charge in [-0.1, -0.05) is 53.5 Å². The van der Waals surface area contributed by atoms with Gasteiger partial charge < -0.3 is 14.8 Å². The number of amides is 1. The zero-order valence-corrected chi connectivity index (χ0v) is 20.4. The van der Waals surface area contributed by atoms with E-state index in [1.165, 1.54) is 12.1 Å². The van der Waals surface area contributed by atoms with Crippen molar-refractivity contribution in [2.75, 3.05) is 19.0 Å². The van der Waals surface area contributed by atoms with E-state index >= 15 is 0 Å². The van der Waals surface area contributed by atoms with Crippen LogP contribution < -0.4 is 14.8 Å². The van der Waals surface area contributed by atoms with Crippen molar-refractivity contribution in [1.29, 1.82) is 0 Å². The molecule has 0 saturated heterocycles. The fraction of sp³-hybridized carbons (Fsp3) is 0.107. The van der Waals surface area contributed by atoms with Crippen molar-refractivity contribution in [3.8, 4) is 22.6 Å². The number of ether oxygens (including phenoxy) is 2. The molecule has 1 amide bonds. The highest BCUT2D eigenvalue weighted by Gasteiger charge is 2.13. The summed E-state index contributed by atoms with van der Waals surface area (Å²) in [5.41, 5.74) is 3.78. The van der Waals surface area contributed by atoms with E-state index in [9.17, 15) is 9.18 Å². The maximum Gasteiger partial charge on any atom is 0.255 e. The molecule has 0 atom stereocenters. The van der Waals surface area contributed by atoms with E-state index in [0.717, 1.165) is 16.7 Å². The third-order valence-corrected chi connectivity index (χ3v) is 5.98. The van der Waals surface area contributed by atoms with Crippen molar-refractivity contribution in [3.63, 3.8) is 0 Å². The van der Waals surface area contributed by atoms with Crippen LogP contribution in [-0.2, 0) is 6.42 Å². The lowest BCUT2D eigenvalue weighted by atomic mass is 10.1. The van der Waals surface area contributed by atoms with E-state index in [1.54, 1.807) is 61.7 Å². The van der Waals surface area contributed by atoms with E-state index in [1.807, 2.05) is 18.2 Å². The van der Waals surface area contributed by atoms with Crippen LogP contribution in [0.5, 0.6) is 11.5 Å². The Morgan fingerprint density at radius 2 is 1.54 bits per heavy atom. The molecule has 35 heavy (non-hydrogen) atoms. The Balaban J connectivity index is 1.42. The third kappa shape index (κ3) is 6.32. The molecule has 0 aromatic heterocycles. The second-order valence-electron chi connectivity index (χ2n) is 7.74. The Labute approximate surface area is 213 Å². The molecule has 0 spiro atoms. The second kappa shape index (κ2) is 11.3. The topological polar surface area (TPSA) is 47.6 Å². The van der Waals surface area contributed by atoms with E-state index in [0.29, 0.717) is 45.8 Å². The minimum Gasteiger partial charge on any atom is -0.493 e. The molecule has 0 heterocycles. The van der Waals surface area contributed by atoms with Crippen LogP contribution in [0.3, 0.4) is 0 Å². The Morgan fingerprint density at radius 3 is 2.20 bits per heavy atom. The van der Waals surface area contributed by atoms with Crippen LogP contribution in [0.15, 0.2) is 84.9 Å². The van der Waals surface area contributed by atoms with Gasteiger partial charge in [0.05, 0.1) is 13.7 Å². The zero-order chi connectivity index (χ0) is 24.8. The summed E-state index contributed by atoms with van der Waals surface area (Å²) in [4.78, 5) is 12.9. The number of anilines is 1. The van der Waals surface area contributed by atoms with Crippen LogP contribution in [0.1, 0.15) is 15.9 Å². The number of methoxy groups -OCH3 is 1. The molecule has 4 nitrogen and oxygen atoms in total. The number of carbonyl (C=O) groups is 1. The SMILES string of the molecule is COc1ccc(C(=O)Nc2ccc(-c3ccc(F)cc3)cc2)cc1OCCc1ccc(Cl)cc1Cl. The third-order valence-electron chi connectivity index (χ3n) is 5.39. The summed E-state index contributed by atoms with van der Waals surface area (Å²) in [6, 6.07) is 23.9. The smallest absolute Gasteiger partial charge is 0.255 e. The molecule has 0 aliphatic carbocycles. The van der Waals surface area contributed by atoms with Crippen LogP contribution >= 0.6 is 23.2 Å². The molecular weight excluding hydrogens is 488 g/mol. The highest BCUT2D eigenvalue weighted by Crippen LogP contribution is 2.29. The predicted molar refractivity (Wildman–Crippen MR) is 138 cm³/mol. The van der Waals surface area contributed by atoms with Gasteiger partial charge in [0.25, 0.3) is 5.91 Å². The number of carbonyl (C=O) groups excluding carboxylic acids is 1. The first-order valence-corrected chi connectivity index (χ1v) is 11.6. The summed E-state index contributed by atoms with van der Waals surface area (Å²) in [6.45, 7) is 0.341. The average Bonchev–Trinajstić information content (AvgIpc) is 2.86. The van der Waals surface area contributed by atoms with Gasteiger partial charge in [0.15, 0.2) is 11.5 Å². The van der Waals surface area contributed by atoms with Crippen molar-refractivity contribution < 1.29 is 18.7 Å². The summed E-state index contributed by atoms with van der Waals surface area (Å²) in [5.74, 6) is 0.409. The van der Waals surface area contributed by atoms with Gasteiger partial charge in [-0.25, -0.2) is 4.39 Å². The first-order valence-electron chi connectivity index (χ1n) is 10.8. The highest BCUT2D eigenvalue weighted by atomic mass is 35.5. The summed E-state index contributed by atoms with van der Waals surface area (Å²) in [6.07, 6.45) is 0.565. The first-order chi connectivity index (χ1) is 16.9. The molecule has 0 fully saturated rings. The molecular formula is C28H22Cl2FNO3. The largest absolute Gasteiger partial charge is 0.493 e. The average molecular weight is 510 g/mol. The van der Waals surface area contributed by atoms with Crippen molar-refractivity contribution in [2.24, 2.45) is 0 Å². The lowest BCUT2D eigenvalue weighted by Crippen LogP contribution is -2.12. The fourth-order valence-electron chi connectivity index (χ4n) is 3.52. The van der Waals surface area contributed by atoms with E-state index in [-0.39, 0.29) is 11.7 Å². The van der Waals surface area contributed by atoms with Crippen molar-refractivity contribution in [1.82, 2.24) is 0 Å². The van der Waals surface area contributed by atoms with Crippen LogP contribution in [0.4, 0.5) is 10.1 Å². The molecule has 0 saturated carbocycles. The second-order valence-corrected chi connectivity index (χ2v) is 8.58. The molecule has 0 aliphatic heterocycles. The number of halogens is 3. The normalized spacial score (nSPS) is 10.6. The summed E-state index contributed by atoms with van der Waals surface area (Å²) < 4.78 is 24.4. The summed E-state index contributed by atoms with van der Waals surface area (Å²) >= 11 is 12.2. The molecule has 0 aliphatic rings. The van der Waals surface area contributed by atoms with Gasteiger partial charge in [-0.15, -0.1) is 0 Å². The number of hydrogen-bond acceptors (Lipinski definition) is 3. The molecule has 1 N–H and O–H groups in total. The van der Waals surface area contributed by atoms with Crippen LogP contribution in [0.2, 0.25) is 10.0 Å². The highest BCUT2D eigenvalue weighted by molar-refractivity contribution is 6.35. The molecule has 7 heteroatoms. The van der Waals surface area contributed by atoms with Crippen LogP contribution in [-0.4, -0.2) is 19.6 Å². The molecule has 4 rings (SSSR count). The van der Waals surface area contributed by atoms with Gasteiger partial charge >= 0.3 is 0 Å². The molecule has 0 bridgehead atoms. The Hall–Kier alpha value is -3.54. The van der Waals surface area contributed by atoms with Crippen molar-refractivity contribution in [3.05, 3.63) is 112 Å². The predicted octanol–water partition coefficient (Wildman–Crippen LogP) is 7.68. The van der Waals surface area contributed by atoms with Crippen LogP contribution in [0, 0.1) is 5.82 Å². The number of hydrogen-bond donors (Lipinski definition) is 1. The van der Waals surface area contributed by atoms with E-state index < -0.39 is 0 Å². The Bertz CT molecular complexity index is 1330. The Kier molecular flexibility index (Phi) is 7.91. The number of rotatable bonds is 8. The monoisotopic (exact) mass is 509 g/mol. The molecule has 0 radical (unpaired) electrons. The van der Waals surface area contributed by atoms with Crippen molar-refractivity contribution in [2.45, 2.75) is 6.42 Å². The summed E-state index contributed by atoms with van der Waals surface area (Å²) in [5, 5.41) is 4.03. The lowest BCUT2D eigenvalue weighted by molar-refractivity contribution is 0.102.